The van der Waals surface area contributed by atoms with Crippen LogP contribution in [-0.2, 0) is 11.3 Å². The van der Waals surface area contributed by atoms with Crippen LogP contribution in [0.3, 0.4) is 0 Å². The maximum atomic E-state index is 13.4. The van der Waals surface area contributed by atoms with Gasteiger partial charge in [-0.05, 0) is 42.9 Å². The molecule has 0 N–H and O–H groups in total. The summed E-state index contributed by atoms with van der Waals surface area (Å²) in [6, 6.07) is 10.2. The summed E-state index contributed by atoms with van der Waals surface area (Å²) < 4.78 is 1.39. The molecular weight excluding hydrogens is 474 g/mol. The number of amides is 2. The van der Waals surface area contributed by atoms with Crippen LogP contribution in [0.1, 0.15) is 35.5 Å². The molecule has 0 aliphatic carbocycles. The van der Waals surface area contributed by atoms with E-state index in [-0.39, 0.29) is 23.9 Å². The molecular formula is C27H33N5O3S. The number of hydrogen-bond donors (Lipinski definition) is 0. The number of rotatable bonds is 4. The number of thiophene rings is 1. The Morgan fingerprint density at radius 2 is 1.67 bits per heavy atom. The van der Waals surface area contributed by atoms with E-state index in [1.54, 1.807) is 0 Å². The molecule has 36 heavy (non-hydrogen) atoms. The van der Waals surface area contributed by atoms with E-state index in [9.17, 15) is 14.4 Å². The number of hydrogen-bond acceptors (Lipinski definition) is 6. The molecule has 0 bridgehead atoms. The van der Waals surface area contributed by atoms with Crippen molar-refractivity contribution >= 4 is 39.1 Å². The third-order valence-electron chi connectivity index (χ3n) is 7.33. The van der Waals surface area contributed by atoms with Gasteiger partial charge in [-0.3, -0.25) is 19.0 Å². The van der Waals surface area contributed by atoms with Gasteiger partial charge in [-0.15, -0.1) is 11.3 Å². The van der Waals surface area contributed by atoms with Gasteiger partial charge in [0.05, 0.1) is 16.6 Å². The molecule has 9 heteroatoms. The monoisotopic (exact) mass is 507 g/mol. The van der Waals surface area contributed by atoms with Gasteiger partial charge >= 0.3 is 0 Å². The zero-order chi connectivity index (χ0) is 25.4. The Labute approximate surface area is 215 Å². The molecule has 8 nitrogen and oxygen atoms in total. The second-order valence-electron chi connectivity index (χ2n) is 10.3. The average Bonchev–Trinajstić information content (AvgIpc) is 3.22. The molecule has 2 fully saturated rings. The topological polar surface area (TPSA) is 78.8 Å². The number of likely N-dealkylation sites (tertiary alicyclic amines) is 1. The first-order valence-corrected chi connectivity index (χ1v) is 13.5. The largest absolute Gasteiger partial charge is 0.368 e. The smallest absolute Gasteiger partial charge is 0.264 e. The highest BCUT2D eigenvalue weighted by atomic mass is 32.1. The highest BCUT2D eigenvalue weighted by Gasteiger charge is 2.28. The Balaban J connectivity index is 1.32. The quantitative estimate of drug-likeness (QED) is 0.542. The normalized spacial score (nSPS) is 20.7. The fraction of sp³-hybridized carbons (Fsp3) is 0.481. The van der Waals surface area contributed by atoms with Gasteiger partial charge in [-0.2, -0.15) is 0 Å². The summed E-state index contributed by atoms with van der Waals surface area (Å²) in [6.45, 7) is 10.3. The zero-order valence-electron chi connectivity index (χ0n) is 21.1. The molecule has 2 aliphatic rings. The first-order chi connectivity index (χ1) is 17.3. The lowest BCUT2D eigenvalue weighted by atomic mass is 9.92. The van der Waals surface area contributed by atoms with Crippen molar-refractivity contribution in [2.75, 3.05) is 44.2 Å². The summed E-state index contributed by atoms with van der Waals surface area (Å²) in [6.07, 6.45) is 2.56. The lowest BCUT2D eigenvalue weighted by Gasteiger charge is -2.36. The second-order valence-corrected chi connectivity index (χ2v) is 11.3. The van der Waals surface area contributed by atoms with Crippen molar-refractivity contribution in [1.29, 1.82) is 0 Å². The van der Waals surface area contributed by atoms with Crippen LogP contribution in [0.4, 0.5) is 5.69 Å². The minimum atomic E-state index is -0.256. The van der Waals surface area contributed by atoms with Crippen molar-refractivity contribution in [3.8, 4) is 0 Å². The summed E-state index contributed by atoms with van der Waals surface area (Å²) >= 11 is 1.27. The molecule has 1 aromatic carbocycles. The van der Waals surface area contributed by atoms with Crippen LogP contribution >= 0.6 is 11.3 Å². The molecule has 2 saturated heterocycles. The van der Waals surface area contributed by atoms with E-state index in [1.807, 2.05) is 34.9 Å². The number of para-hydroxylation sites is 1. The average molecular weight is 508 g/mol. The lowest BCUT2D eigenvalue weighted by Crippen LogP contribution is -2.48. The highest BCUT2D eigenvalue weighted by molar-refractivity contribution is 7.20. The number of carbonyl (C=O) groups is 2. The van der Waals surface area contributed by atoms with Crippen LogP contribution < -0.4 is 10.5 Å². The number of nitrogens with zero attached hydrogens (tertiary/aromatic N) is 5. The van der Waals surface area contributed by atoms with Crippen LogP contribution in [0.15, 0.2) is 41.5 Å². The molecule has 0 unspecified atom stereocenters. The van der Waals surface area contributed by atoms with Gasteiger partial charge in [0, 0.05) is 45.0 Å². The number of aromatic nitrogens is 2. The van der Waals surface area contributed by atoms with E-state index < -0.39 is 0 Å². The standard InChI is InChI=1S/C27H33N5O3S/c1-18-13-19(2)15-31(14-18)22(33)16-32-17-28-25-23(26(32)34)20(3)24(36-25)27(35)30-11-9-29(10-12-30)21-7-5-4-6-8-21/h4-8,17-19H,9-16H2,1-3H3/t18-,19-/m1/s1. The molecule has 190 valence electrons. The molecule has 2 aromatic heterocycles. The number of carbonyl (C=O) groups excluding carboxylic acids is 2. The third kappa shape index (κ3) is 4.76. The van der Waals surface area contributed by atoms with Crippen molar-refractivity contribution < 1.29 is 9.59 Å². The summed E-state index contributed by atoms with van der Waals surface area (Å²) in [4.78, 5) is 51.3. The van der Waals surface area contributed by atoms with Gasteiger partial charge in [-0.25, -0.2) is 4.98 Å². The molecule has 5 rings (SSSR count). The Morgan fingerprint density at radius 1 is 1.00 bits per heavy atom. The van der Waals surface area contributed by atoms with Gasteiger partial charge in [-0.1, -0.05) is 32.0 Å². The van der Waals surface area contributed by atoms with E-state index in [0.29, 0.717) is 45.6 Å². The highest BCUT2D eigenvalue weighted by Crippen LogP contribution is 2.29. The third-order valence-corrected chi connectivity index (χ3v) is 8.51. The van der Waals surface area contributed by atoms with E-state index >= 15 is 0 Å². The van der Waals surface area contributed by atoms with Crippen LogP contribution in [0.5, 0.6) is 0 Å². The fourth-order valence-corrected chi connectivity index (χ4v) is 6.65. The van der Waals surface area contributed by atoms with Crippen LogP contribution in [0, 0.1) is 18.8 Å². The first-order valence-electron chi connectivity index (χ1n) is 12.7. The number of aryl methyl sites for hydroxylation is 1. The summed E-state index contributed by atoms with van der Waals surface area (Å²) in [7, 11) is 0. The predicted octanol–water partition coefficient (Wildman–Crippen LogP) is 3.23. The van der Waals surface area contributed by atoms with Gasteiger partial charge in [0.15, 0.2) is 0 Å². The van der Waals surface area contributed by atoms with Crippen LogP contribution in [0.2, 0.25) is 0 Å². The summed E-state index contributed by atoms with van der Waals surface area (Å²) in [5, 5.41) is 0.446. The Morgan fingerprint density at radius 3 is 2.33 bits per heavy atom. The number of benzene rings is 1. The van der Waals surface area contributed by atoms with Crippen LogP contribution in [0.25, 0.3) is 10.2 Å². The number of piperidine rings is 1. The Bertz CT molecular complexity index is 1320. The van der Waals surface area contributed by atoms with E-state index in [1.165, 1.54) is 22.2 Å². The Hall–Kier alpha value is -3.20. The second kappa shape index (κ2) is 10.0. The molecule has 0 saturated carbocycles. The van der Waals surface area contributed by atoms with Crippen molar-refractivity contribution in [3.05, 3.63) is 57.5 Å². The number of fused-ring (bicyclic) bond motifs is 1. The molecule has 4 heterocycles. The van der Waals surface area contributed by atoms with Gasteiger partial charge in [0.25, 0.3) is 11.5 Å². The maximum absolute atomic E-state index is 13.4. The van der Waals surface area contributed by atoms with Crippen molar-refractivity contribution in [3.63, 3.8) is 0 Å². The molecule has 0 radical (unpaired) electrons. The molecule has 3 aromatic rings. The van der Waals surface area contributed by atoms with Crippen molar-refractivity contribution in [2.24, 2.45) is 11.8 Å². The molecule has 0 spiro atoms. The summed E-state index contributed by atoms with van der Waals surface area (Å²) in [5.41, 5.74) is 1.56. The molecule has 2 aliphatic heterocycles. The number of piperazine rings is 1. The SMILES string of the molecule is Cc1c(C(=O)N2CCN(c3ccccc3)CC2)sc2ncn(CC(=O)N3C[C@H](C)C[C@@H](C)C3)c(=O)c12. The predicted molar refractivity (Wildman–Crippen MR) is 143 cm³/mol. The first kappa shape index (κ1) is 24.5. The molecule has 2 atom stereocenters. The minimum absolute atomic E-state index is 0.0266. The molecule has 2 amide bonds. The maximum Gasteiger partial charge on any atom is 0.264 e. The van der Waals surface area contributed by atoms with E-state index in [0.717, 1.165) is 38.3 Å². The summed E-state index contributed by atoms with van der Waals surface area (Å²) in [5.74, 6) is 0.799. The van der Waals surface area contributed by atoms with Crippen LogP contribution in [-0.4, -0.2) is 70.4 Å². The fourth-order valence-electron chi connectivity index (χ4n) is 5.54. The van der Waals surface area contributed by atoms with Gasteiger partial charge in [0.1, 0.15) is 11.4 Å². The Kier molecular flexibility index (Phi) is 6.83. The zero-order valence-corrected chi connectivity index (χ0v) is 22.0. The lowest BCUT2D eigenvalue weighted by molar-refractivity contribution is -0.134. The van der Waals surface area contributed by atoms with Gasteiger partial charge in [0.2, 0.25) is 5.91 Å². The van der Waals surface area contributed by atoms with Crippen molar-refractivity contribution in [2.45, 2.75) is 33.7 Å². The minimum Gasteiger partial charge on any atom is -0.368 e. The number of anilines is 1. The van der Waals surface area contributed by atoms with Gasteiger partial charge < -0.3 is 14.7 Å². The van der Waals surface area contributed by atoms with E-state index in [4.69, 9.17) is 0 Å². The van der Waals surface area contributed by atoms with Crippen molar-refractivity contribution in [1.82, 2.24) is 19.4 Å². The van der Waals surface area contributed by atoms with E-state index in [2.05, 4.69) is 35.9 Å².